The van der Waals surface area contributed by atoms with Gasteiger partial charge in [-0.1, -0.05) is 6.92 Å². The largest absolute Gasteiger partial charge is 0.300 e. The van der Waals surface area contributed by atoms with Gasteiger partial charge in [-0.2, -0.15) is 0 Å². The molecule has 1 rings (SSSR count). The number of nitrogens with zero attached hydrogens (tertiary/aromatic N) is 1. The highest BCUT2D eigenvalue weighted by Gasteiger charge is 2.08. The van der Waals surface area contributed by atoms with Gasteiger partial charge in [0.1, 0.15) is 5.78 Å². The third-order valence-electron chi connectivity index (χ3n) is 1.81. The summed E-state index contributed by atoms with van der Waals surface area (Å²) in [6.45, 7) is 5.74. The van der Waals surface area contributed by atoms with Gasteiger partial charge in [-0.05, 0) is 26.7 Å². The number of hydrogen-bond donors (Lipinski definition) is 0. The maximum absolute atomic E-state index is 10.9. The molecule has 0 aliphatic rings. The molecule has 0 aliphatic heterocycles. The number of carbonyl (C=O) groups excluding carboxylic acids is 1. The normalized spacial score (nSPS) is 10.4. The molecule has 0 aromatic carbocycles. The summed E-state index contributed by atoms with van der Waals surface area (Å²) >= 11 is 1.68. The molecule has 1 aromatic rings. The van der Waals surface area contributed by atoms with Crippen molar-refractivity contribution in [3.05, 3.63) is 15.6 Å². The molecule has 1 heterocycles. The van der Waals surface area contributed by atoms with Gasteiger partial charge in [0.2, 0.25) is 0 Å². The fraction of sp³-hybridized carbons (Fsp3) is 0.600. The van der Waals surface area contributed by atoms with Gasteiger partial charge in [0.05, 0.1) is 10.7 Å². The molecule has 0 N–H and O–H groups in total. The first kappa shape index (κ1) is 10.4. The van der Waals surface area contributed by atoms with Crippen LogP contribution < -0.4 is 0 Å². The lowest BCUT2D eigenvalue weighted by atomic mass is 10.2. The Kier molecular flexibility index (Phi) is 3.60. The minimum absolute atomic E-state index is 0.217. The summed E-state index contributed by atoms with van der Waals surface area (Å²) in [5.41, 5.74) is 1.03. The van der Waals surface area contributed by atoms with Crippen molar-refractivity contribution < 1.29 is 4.79 Å². The van der Waals surface area contributed by atoms with Crippen LogP contribution in [-0.2, 0) is 17.6 Å². The first-order valence-corrected chi connectivity index (χ1v) is 5.39. The van der Waals surface area contributed by atoms with E-state index >= 15 is 0 Å². The quantitative estimate of drug-likeness (QED) is 0.742. The van der Waals surface area contributed by atoms with Gasteiger partial charge < -0.3 is 0 Å². The van der Waals surface area contributed by atoms with Crippen molar-refractivity contribution in [2.75, 3.05) is 0 Å². The maximum atomic E-state index is 10.9. The molecule has 2 nitrogen and oxygen atoms in total. The van der Waals surface area contributed by atoms with E-state index in [2.05, 4.69) is 11.9 Å². The van der Waals surface area contributed by atoms with Gasteiger partial charge in [0.15, 0.2) is 0 Å². The number of carbonyl (C=O) groups is 1. The molecule has 0 amide bonds. The van der Waals surface area contributed by atoms with Crippen molar-refractivity contribution in [1.82, 2.24) is 4.98 Å². The summed E-state index contributed by atoms with van der Waals surface area (Å²) in [4.78, 5) is 16.5. The minimum atomic E-state index is 0.217. The van der Waals surface area contributed by atoms with Gasteiger partial charge in [-0.15, -0.1) is 11.3 Å². The molecule has 3 heteroatoms. The average molecular weight is 197 g/mol. The zero-order valence-corrected chi connectivity index (χ0v) is 9.20. The van der Waals surface area contributed by atoms with Gasteiger partial charge in [-0.25, -0.2) is 4.98 Å². The second kappa shape index (κ2) is 4.51. The Hall–Kier alpha value is -0.700. The van der Waals surface area contributed by atoms with Gasteiger partial charge >= 0.3 is 0 Å². The van der Waals surface area contributed by atoms with Crippen LogP contribution in [0.2, 0.25) is 0 Å². The van der Waals surface area contributed by atoms with E-state index in [0.29, 0.717) is 6.42 Å². The highest BCUT2D eigenvalue weighted by atomic mass is 32.1. The summed E-state index contributed by atoms with van der Waals surface area (Å²) in [5.74, 6) is 0.217. The van der Waals surface area contributed by atoms with Crippen molar-refractivity contribution >= 4 is 17.1 Å². The van der Waals surface area contributed by atoms with Crippen LogP contribution in [-0.4, -0.2) is 10.8 Å². The number of hydrogen-bond acceptors (Lipinski definition) is 3. The molecule has 0 bridgehead atoms. The summed E-state index contributed by atoms with van der Waals surface area (Å²) in [7, 11) is 0. The Morgan fingerprint density at radius 3 is 2.77 bits per heavy atom. The monoisotopic (exact) mass is 197 g/mol. The number of thiazole rings is 1. The van der Waals surface area contributed by atoms with Crippen LogP contribution in [0.1, 0.15) is 35.8 Å². The molecule has 0 spiro atoms. The summed E-state index contributed by atoms with van der Waals surface area (Å²) in [5, 5.41) is 1.16. The molecule has 72 valence electrons. The van der Waals surface area contributed by atoms with Crippen LogP contribution in [0.5, 0.6) is 0 Å². The van der Waals surface area contributed by atoms with Crippen molar-refractivity contribution in [1.29, 1.82) is 0 Å². The predicted molar refractivity (Wildman–Crippen MR) is 55.2 cm³/mol. The molecular formula is C10H15NOS. The fourth-order valence-corrected chi connectivity index (χ4v) is 2.44. The smallest absolute Gasteiger partial charge is 0.135 e. The van der Waals surface area contributed by atoms with Crippen molar-refractivity contribution in [3.8, 4) is 0 Å². The zero-order chi connectivity index (χ0) is 9.84. The second-order valence-electron chi connectivity index (χ2n) is 3.24. The van der Waals surface area contributed by atoms with E-state index in [-0.39, 0.29) is 5.78 Å². The van der Waals surface area contributed by atoms with E-state index in [1.54, 1.807) is 18.3 Å². The van der Waals surface area contributed by atoms with E-state index in [1.165, 1.54) is 0 Å². The molecule has 0 atom stereocenters. The van der Waals surface area contributed by atoms with Crippen LogP contribution in [0.25, 0.3) is 0 Å². The fourth-order valence-electron chi connectivity index (χ4n) is 1.20. The molecule has 0 saturated carbocycles. The molecular weight excluding hydrogens is 182 g/mol. The molecule has 1 aromatic heterocycles. The van der Waals surface area contributed by atoms with Crippen molar-refractivity contribution in [2.45, 2.75) is 40.0 Å². The lowest BCUT2D eigenvalue weighted by molar-refractivity contribution is -0.116. The summed E-state index contributed by atoms with van der Waals surface area (Å²) in [6.07, 6.45) is 2.70. The van der Waals surface area contributed by atoms with E-state index in [4.69, 9.17) is 0 Å². The number of rotatable bonds is 4. The topological polar surface area (TPSA) is 30.0 Å². The Labute approximate surface area is 83.0 Å². The first-order valence-electron chi connectivity index (χ1n) is 4.58. The highest BCUT2D eigenvalue weighted by molar-refractivity contribution is 7.11. The molecule has 0 aliphatic carbocycles. The van der Waals surface area contributed by atoms with Gasteiger partial charge in [-0.3, -0.25) is 4.79 Å². The molecule has 0 fully saturated rings. The molecule has 0 unspecified atom stereocenters. The van der Waals surface area contributed by atoms with Crippen LogP contribution in [0, 0.1) is 6.92 Å². The van der Waals surface area contributed by atoms with Gasteiger partial charge in [0, 0.05) is 11.3 Å². The third-order valence-corrected chi connectivity index (χ3v) is 3.03. The lowest BCUT2D eigenvalue weighted by Gasteiger charge is -1.90. The number of aromatic nitrogens is 1. The van der Waals surface area contributed by atoms with Crippen molar-refractivity contribution in [2.24, 2.45) is 0 Å². The Bertz CT molecular complexity index is 304. The first-order chi connectivity index (χ1) is 6.13. The maximum Gasteiger partial charge on any atom is 0.135 e. The number of Topliss-reactive ketones (excluding diaryl/α,β-unsaturated/α-hetero) is 1. The number of aryl methyl sites for hydroxylation is 2. The van der Waals surface area contributed by atoms with Gasteiger partial charge in [0.25, 0.3) is 0 Å². The Morgan fingerprint density at radius 1 is 1.54 bits per heavy atom. The van der Waals surface area contributed by atoms with Crippen molar-refractivity contribution in [3.63, 3.8) is 0 Å². The third kappa shape index (κ3) is 2.92. The van der Waals surface area contributed by atoms with Crippen LogP contribution >= 0.6 is 11.3 Å². The van der Waals surface area contributed by atoms with E-state index in [0.717, 1.165) is 28.4 Å². The van der Waals surface area contributed by atoms with Crippen LogP contribution in [0.3, 0.4) is 0 Å². The van der Waals surface area contributed by atoms with E-state index in [1.807, 2.05) is 6.92 Å². The molecule has 13 heavy (non-hydrogen) atoms. The predicted octanol–water partition coefficient (Wildman–Crippen LogP) is 2.54. The standard InChI is InChI=1S/C10H15NOS/c1-4-5-10-11-8(3)9(13-10)6-7(2)12/h4-6H2,1-3H3. The minimum Gasteiger partial charge on any atom is -0.300 e. The van der Waals surface area contributed by atoms with E-state index < -0.39 is 0 Å². The lowest BCUT2D eigenvalue weighted by Crippen LogP contribution is -1.95. The Morgan fingerprint density at radius 2 is 2.23 bits per heavy atom. The zero-order valence-electron chi connectivity index (χ0n) is 8.39. The second-order valence-corrected chi connectivity index (χ2v) is 4.41. The number of ketones is 1. The van der Waals surface area contributed by atoms with E-state index in [9.17, 15) is 4.79 Å². The van der Waals surface area contributed by atoms with Crippen LogP contribution in [0.4, 0.5) is 0 Å². The van der Waals surface area contributed by atoms with Crippen LogP contribution in [0.15, 0.2) is 0 Å². The molecule has 0 saturated heterocycles. The summed E-state index contributed by atoms with van der Waals surface area (Å²) in [6, 6.07) is 0. The molecule has 0 radical (unpaired) electrons. The summed E-state index contributed by atoms with van der Waals surface area (Å²) < 4.78 is 0. The SMILES string of the molecule is CCCc1nc(C)c(CC(C)=O)s1. The Balaban J connectivity index is 2.77. The average Bonchev–Trinajstić information content (AvgIpc) is 2.31. The highest BCUT2D eigenvalue weighted by Crippen LogP contribution is 2.19.